The van der Waals surface area contributed by atoms with Gasteiger partial charge >= 0.3 is 0 Å². The molecule has 29 heavy (non-hydrogen) atoms. The van der Waals surface area contributed by atoms with Crippen LogP contribution in [0, 0.1) is 0 Å². The molecular weight excluding hydrogens is 388 g/mol. The number of thioether (sulfide) groups is 1. The molecule has 7 nitrogen and oxygen atoms in total. The smallest absolute Gasteiger partial charge is 0.237 e. The highest BCUT2D eigenvalue weighted by Crippen LogP contribution is 2.36. The molecule has 5 rings (SSSR count). The molecule has 2 aliphatic rings. The van der Waals surface area contributed by atoms with Gasteiger partial charge in [0.2, 0.25) is 12.7 Å². The van der Waals surface area contributed by atoms with Gasteiger partial charge in [-0.15, -0.1) is 10.2 Å². The predicted octanol–water partition coefficient (Wildman–Crippen LogP) is 3.28. The van der Waals surface area contributed by atoms with Crippen molar-refractivity contribution in [2.45, 2.75) is 24.5 Å². The summed E-state index contributed by atoms with van der Waals surface area (Å²) in [5.74, 6) is 2.55. The van der Waals surface area contributed by atoms with Crippen LogP contribution in [0.15, 0.2) is 47.6 Å². The van der Waals surface area contributed by atoms with Crippen molar-refractivity contribution in [3.05, 3.63) is 48.0 Å². The van der Waals surface area contributed by atoms with Gasteiger partial charge in [-0.05, 0) is 43.2 Å². The molecule has 0 N–H and O–H groups in total. The number of benzene rings is 2. The van der Waals surface area contributed by atoms with Crippen LogP contribution >= 0.6 is 11.8 Å². The molecule has 1 aromatic heterocycles. The third kappa shape index (κ3) is 3.13. The number of anilines is 1. The van der Waals surface area contributed by atoms with Gasteiger partial charge in [-0.25, -0.2) is 0 Å². The van der Waals surface area contributed by atoms with Crippen LogP contribution < -0.4 is 14.4 Å². The Morgan fingerprint density at radius 3 is 2.90 bits per heavy atom. The molecular formula is C21H20N4O3S. The average Bonchev–Trinajstić information content (AvgIpc) is 3.41. The number of hydrogen-bond acceptors (Lipinski definition) is 6. The maximum absolute atomic E-state index is 12.9. The molecule has 3 aromatic rings. The summed E-state index contributed by atoms with van der Waals surface area (Å²) < 4.78 is 12.7. The van der Waals surface area contributed by atoms with Crippen LogP contribution in [0.4, 0.5) is 5.69 Å². The van der Waals surface area contributed by atoms with Crippen LogP contribution in [-0.4, -0.2) is 39.3 Å². The van der Waals surface area contributed by atoms with Crippen molar-refractivity contribution in [1.29, 1.82) is 0 Å². The molecule has 0 fully saturated rings. The topological polar surface area (TPSA) is 69.5 Å². The number of fused-ring (bicyclic) bond motifs is 2. The minimum Gasteiger partial charge on any atom is -0.454 e. The lowest BCUT2D eigenvalue weighted by molar-refractivity contribution is -0.116. The Morgan fingerprint density at radius 1 is 1.17 bits per heavy atom. The molecule has 0 saturated carbocycles. The number of hydrogen-bond donors (Lipinski definition) is 0. The normalized spacial score (nSPS) is 16.9. The first-order chi connectivity index (χ1) is 14.1. The number of aromatic nitrogens is 3. The maximum atomic E-state index is 12.9. The second kappa shape index (κ2) is 7.11. The van der Waals surface area contributed by atoms with E-state index in [4.69, 9.17) is 9.47 Å². The number of amides is 1. The zero-order valence-corrected chi connectivity index (χ0v) is 17.0. The van der Waals surface area contributed by atoms with Crippen molar-refractivity contribution in [1.82, 2.24) is 14.8 Å². The maximum Gasteiger partial charge on any atom is 0.237 e. The number of rotatable bonds is 4. The first-order valence-corrected chi connectivity index (χ1v) is 10.4. The van der Waals surface area contributed by atoms with Crippen LogP contribution in [-0.2, 0) is 18.3 Å². The van der Waals surface area contributed by atoms with E-state index in [-0.39, 0.29) is 18.7 Å². The van der Waals surface area contributed by atoms with Gasteiger partial charge in [0, 0.05) is 24.3 Å². The van der Waals surface area contributed by atoms with E-state index in [0.717, 1.165) is 29.2 Å². The van der Waals surface area contributed by atoms with Crippen molar-refractivity contribution in [3.8, 4) is 22.9 Å². The summed E-state index contributed by atoms with van der Waals surface area (Å²) in [5, 5.41) is 9.29. The molecule has 1 amide bonds. The Morgan fingerprint density at radius 2 is 2.00 bits per heavy atom. The predicted molar refractivity (Wildman–Crippen MR) is 110 cm³/mol. The van der Waals surface area contributed by atoms with E-state index in [2.05, 4.69) is 23.2 Å². The quantitative estimate of drug-likeness (QED) is 0.617. The zero-order valence-electron chi connectivity index (χ0n) is 16.2. The standard InChI is InChI=1S/C21H20N4O3S/c1-13-9-14-5-3-4-6-16(14)25(13)19(26)11-29-21-23-22-20(24(21)2)15-7-8-17-18(10-15)28-12-27-17/h3-8,10,13H,9,11-12H2,1-2H3/t13-/m0/s1. The van der Waals surface area contributed by atoms with Gasteiger partial charge in [0.15, 0.2) is 22.5 Å². The van der Waals surface area contributed by atoms with Crippen molar-refractivity contribution in [3.63, 3.8) is 0 Å². The number of para-hydroxylation sites is 1. The minimum absolute atomic E-state index is 0.0834. The molecule has 0 radical (unpaired) electrons. The van der Waals surface area contributed by atoms with Crippen molar-refractivity contribution in [2.24, 2.45) is 7.05 Å². The lowest BCUT2D eigenvalue weighted by Crippen LogP contribution is -2.37. The van der Waals surface area contributed by atoms with E-state index < -0.39 is 0 Å². The molecule has 3 heterocycles. The monoisotopic (exact) mass is 408 g/mol. The van der Waals surface area contributed by atoms with Crippen molar-refractivity contribution in [2.75, 3.05) is 17.4 Å². The first kappa shape index (κ1) is 18.1. The van der Waals surface area contributed by atoms with Crippen LogP contribution in [0.25, 0.3) is 11.4 Å². The summed E-state index contributed by atoms with van der Waals surface area (Å²) in [5.41, 5.74) is 3.14. The molecule has 0 aliphatic carbocycles. The fraction of sp³-hybridized carbons (Fsp3) is 0.286. The molecule has 0 bridgehead atoms. The fourth-order valence-corrected chi connectivity index (χ4v) is 4.64. The Hall–Kier alpha value is -3.00. The van der Waals surface area contributed by atoms with Crippen molar-refractivity contribution >= 4 is 23.4 Å². The van der Waals surface area contributed by atoms with Gasteiger partial charge in [0.1, 0.15) is 0 Å². The highest BCUT2D eigenvalue weighted by molar-refractivity contribution is 7.99. The van der Waals surface area contributed by atoms with Crippen LogP contribution in [0.1, 0.15) is 12.5 Å². The minimum atomic E-state index is 0.0834. The van der Waals surface area contributed by atoms with Gasteiger partial charge in [-0.3, -0.25) is 4.79 Å². The third-order valence-electron chi connectivity index (χ3n) is 5.27. The first-order valence-electron chi connectivity index (χ1n) is 9.44. The molecule has 2 aliphatic heterocycles. The summed E-state index contributed by atoms with van der Waals surface area (Å²) in [6, 6.07) is 14.0. The lowest BCUT2D eigenvalue weighted by atomic mass is 10.1. The number of carbonyl (C=O) groups excluding carboxylic acids is 1. The summed E-state index contributed by atoms with van der Waals surface area (Å²) in [7, 11) is 1.90. The van der Waals surface area contributed by atoms with E-state index in [9.17, 15) is 4.79 Å². The van der Waals surface area contributed by atoms with E-state index in [1.54, 1.807) is 0 Å². The summed E-state index contributed by atoms with van der Waals surface area (Å²) in [6.45, 7) is 2.32. The van der Waals surface area contributed by atoms with Crippen molar-refractivity contribution < 1.29 is 14.3 Å². The second-order valence-corrected chi connectivity index (χ2v) is 8.11. The summed E-state index contributed by atoms with van der Waals surface area (Å²) in [6.07, 6.45) is 0.894. The third-order valence-corrected chi connectivity index (χ3v) is 6.27. The van der Waals surface area contributed by atoms with Gasteiger partial charge in [-0.2, -0.15) is 0 Å². The summed E-state index contributed by atoms with van der Waals surface area (Å²) >= 11 is 1.40. The summed E-state index contributed by atoms with van der Waals surface area (Å²) in [4.78, 5) is 14.8. The van der Waals surface area contributed by atoms with E-state index in [1.165, 1.54) is 17.3 Å². The molecule has 2 aromatic carbocycles. The zero-order chi connectivity index (χ0) is 20.0. The fourth-order valence-electron chi connectivity index (χ4n) is 3.87. The molecule has 0 unspecified atom stereocenters. The Balaban J connectivity index is 1.32. The SMILES string of the molecule is C[C@H]1Cc2ccccc2N1C(=O)CSc1nnc(-c2ccc3c(c2)OCO3)n1C. The van der Waals surface area contributed by atoms with Gasteiger partial charge in [0.05, 0.1) is 5.75 Å². The number of carbonyl (C=O) groups is 1. The Kier molecular flexibility index (Phi) is 4.43. The highest BCUT2D eigenvalue weighted by Gasteiger charge is 2.30. The molecule has 148 valence electrons. The van der Waals surface area contributed by atoms with Crippen LogP contribution in [0.5, 0.6) is 11.5 Å². The van der Waals surface area contributed by atoms with E-state index in [0.29, 0.717) is 16.7 Å². The van der Waals surface area contributed by atoms with Gasteiger partial charge < -0.3 is 18.9 Å². The van der Waals surface area contributed by atoms with Gasteiger partial charge in [-0.1, -0.05) is 30.0 Å². The number of ether oxygens (including phenoxy) is 2. The Bertz CT molecular complexity index is 1100. The molecule has 8 heteroatoms. The molecule has 0 spiro atoms. The lowest BCUT2D eigenvalue weighted by Gasteiger charge is -2.22. The van der Waals surface area contributed by atoms with Crippen LogP contribution in [0.2, 0.25) is 0 Å². The molecule has 0 saturated heterocycles. The second-order valence-electron chi connectivity index (χ2n) is 7.17. The Labute approximate surface area is 172 Å². The highest BCUT2D eigenvalue weighted by atomic mass is 32.2. The largest absolute Gasteiger partial charge is 0.454 e. The van der Waals surface area contributed by atoms with Gasteiger partial charge in [0.25, 0.3) is 0 Å². The van der Waals surface area contributed by atoms with E-state index in [1.807, 2.05) is 52.9 Å². The average molecular weight is 408 g/mol. The number of nitrogens with zero attached hydrogens (tertiary/aromatic N) is 4. The molecule has 1 atom stereocenters. The van der Waals surface area contributed by atoms with Crippen LogP contribution in [0.3, 0.4) is 0 Å². The van der Waals surface area contributed by atoms with E-state index >= 15 is 0 Å².